The Hall–Kier alpha value is -9.74. The highest BCUT2D eigenvalue weighted by molar-refractivity contribution is 9.10. The van der Waals surface area contributed by atoms with E-state index in [1.807, 2.05) is 18.2 Å². The Labute approximate surface area is 456 Å². The molecule has 0 amide bonds. The molecular formula is C54H37BrF9N9O7. The van der Waals surface area contributed by atoms with Crippen molar-refractivity contribution in [2.24, 2.45) is 0 Å². The second kappa shape index (κ2) is 26.1. The molecule has 0 unspecified atom stereocenters. The third-order valence-electron chi connectivity index (χ3n) is 10.9. The van der Waals surface area contributed by atoms with Crippen LogP contribution < -0.4 is 33.8 Å². The molecule has 410 valence electrons. The van der Waals surface area contributed by atoms with Crippen LogP contribution in [0.4, 0.5) is 39.5 Å². The average molecular weight is 1170 g/mol. The van der Waals surface area contributed by atoms with Crippen LogP contribution in [0.2, 0.25) is 0 Å². The van der Waals surface area contributed by atoms with Gasteiger partial charge in [-0.2, -0.15) is 60.4 Å². The second-order valence-electron chi connectivity index (χ2n) is 15.9. The van der Waals surface area contributed by atoms with E-state index in [0.29, 0.717) is 44.9 Å². The van der Waals surface area contributed by atoms with Gasteiger partial charge in [-0.15, -0.1) is 20.4 Å². The number of nitrogens with zero attached hydrogens (tertiary/aromatic N) is 8. The van der Waals surface area contributed by atoms with Gasteiger partial charge >= 0.3 is 18.5 Å². The first-order valence-electron chi connectivity index (χ1n) is 22.5. The molecule has 0 aliphatic carbocycles. The lowest BCUT2D eigenvalue weighted by molar-refractivity contribution is -0.144. The zero-order valence-corrected chi connectivity index (χ0v) is 43.3. The fourth-order valence-corrected chi connectivity index (χ4v) is 7.49. The molecule has 0 aliphatic heterocycles. The lowest BCUT2D eigenvalue weighted by Crippen LogP contribution is -2.20. The van der Waals surface area contributed by atoms with Gasteiger partial charge in [-0.3, -0.25) is 9.89 Å². The SMILES string of the molecule is COc1c(C(F)(F)F)[nH]nc(-c2ccc(C#N)cc2)c1=O.COc1ccc(COc2c(-c3ccc(C#N)cc3)nnc(C(F)(F)F)c2Br)cc1.COc1ccc(COc2c(-c3ccc(C#N)cc3)nnc(C(F)(F)F)c2OC)cc1. The van der Waals surface area contributed by atoms with Crippen molar-refractivity contribution in [1.29, 1.82) is 15.8 Å². The smallest absolute Gasteiger partial charge is 0.439 e. The number of aromatic nitrogens is 6. The molecule has 0 aliphatic rings. The summed E-state index contributed by atoms with van der Waals surface area (Å²) in [7, 11) is 5.15. The summed E-state index contributed by atoms with van der Waals surface area (Å²) in [5, 5.41) is 45.9. The lowest BCUT2D eigenvalue weighted by Gasteiger charge is -2.18. The van der Waals surface area contributed by atoms with E-state index in [1.54, 1.807) is 77.9 Å². The van der Waals surface area contributed by atoms with E-state index in [9.17, 15) is 44.3 Å². The quantitative estimate of drug-likeness (QED) is 0.106. The zero-order chi connectivity index (χ0) is 58.4. The number of aromatic amines is 1. The molecule has 0 atom stereocenters. The maximum Gasteiger partial charge on any atom is 0.439 e. The third-order valence-corrected chi connectivity index (χ3v) is 11.6. The van der Waals surface area contributed by atoms with Crippen molar-refractivity contribution in [1.82, 2.24) is 30.6 Å². The van der Waals surface area contributed by atoms with Crippen molar-refractivity contribution in [3.05, 3.63) is 181 Å². The van der Waals surface area contributed by atoms with E-state index in [4.69, 9.17) is 39.5 Å². The molecule has 0 radical (unpaired) electrons. The Morgan fingerprint density at radius 1 is 0.463 bits per heavy atom. The Bertz CT molecular complexity index is 3620. The number of methoxy groups -OCH3 is 4. The zero-order valence-electron chi connectivity index (χ0n) is 41.7. The van der Waals surface area contributed by atoms with Crippen molar-refractivity contribution >= 4 is 15.9 Å². The topological polar surface area (TPSA) is 224 Å². The van der Waals surface area contributed by atoms with Crippen LogP contribution in [-0.2, 0) is 31.7 Å². The molecule has 16 nitrogen and oxygen atoms in total. The second-order valence-corrected chi connectivity index (χ2v) is 16.7. The number of H-pyrrole nitrogens is 1. The van der Waals surface area contributed by atoms with Crippen LogP contribution >= 0.6 is 15.9 Å². The summed E-state index contributed by atoms with van der Waals surface area (Å²) in [5.74, 6) is -0.409. The Morgan fingerprint density at radius 3 is 1.20 bits per heavy atom. The molecule has 8 rings (SSSR count). The molecule has 0 saturated heterocycles. The standard InChI is InChI=1S/C21H16F3N3O3.C20H13BrF3N3O2.C13H8F3N3O2/c1-28-16-9-5-14(6-10-16)12-30-18-17(15-7-3-13(11-25)4-8-15)26-27-20(19(18)29-2)21(22,23)24;1-28-15-8-4-13(5-9-15)11-29-18-16(21)19(20(22,23)24)27-26-17(18)14-6-2-12(10-25)3-7-14;1-21-11-10(20)9(18-19-12(11)13(14,15)16)8-4-2-7(6-17)3-5-8/h3-10H,12H2,1-2H3;2-9H,11H2,1H3;2-5H,1H3,(H,19,20). The van der Waals surface area contributed by atoms with Gasteiger partial charge in [0.15, 0.2) is 34.4 Å². The van der Waals surface area contributed by atoms with Gasteiger partial charge in [0.2, 0.25) is 11.1 Å². The molecule has 0 saturated carbocycles. The predicted octanol–water partition coefficient (Wildman–Crippen LogP) is 12.4. The number of halogens is 10. The number of nitrogens with one attached hydrogen (secondary N) is 1. The van der Waals surface area contributed by atoms with Crippen LogP contribution in [-0.4, -0.2) is 59.0 Å². The molecule has 5 aromatic carbocycles. The fourth-order valence-electron chi connectivity index (χ4n) is 6.89. The van der Waals surface area contributed by atoms with Crippen molar-refractivity contribution < 1.29 is 67.9 Å². The number of benzene rings is 5. The lowest BCUT2D eigenvalue weighted by atomic mass is 10.1. The number of hydrogen-bond donors (Lipinski definition) is 1. The third kappa shape index (κ3) is 14.6. The summed E-state index contributed by atoms with van der Waals surface area (Å²) >= 11 is 2.97. The first-order chi connectivity index (χ1) is 38.1. The molecule has 26 heteroatoms. The van der Waals surface area contributed by atoms with Crippen LogP contribution in [0.25, 0.3) is 33.8 Å². The summed E-state index contributed by atoms with van der Waals surface area (Å²) < 4.78 is 149. The molecule has 0 spiro atoms. The van der Waals surface area contributed by atoms with Crippen LogP contribution in [0.5, 0.6) is 34.5 Å². The largest absolute Gasteiger partial charge is 0.497 e. The minimum atomic E-state index is -4.78. The summed E-state index contributed by atoms with van der Waals surface area (Å²) in [5.41, 5.74) is -1.04. The molecule has 1 N–H and O–H groups in total. The van der Waals surface area contributed by atoms with Gasteiger partial charge in [-0.1, -0.05) is 60.7 Å². The Balaban J connectivity index is 0.000000197. The minimum absolute atomic E-state index is 0.00879. The van der Waals surface area contributed by atoms with Crippen LogP contribution in [0, 0.1) is 34.0 Å². The number of alkyl halides is 9. The summed E-state index contributed by atoms with van der Waals surface area (Å²) in [6.45, 7) is -0.0263. The molecule has 8 aromatic rings. The van der Waals surface area contributed by atoms with E-state index in [2.05, 4.69) is 46.2 Å². The van der Waals surface area contributed by atoms with Crippen LogP contribution in [0.3, 0.4) is 0 Å². The van der Waals surface area contributed by atoms with E-state index in [-0.39, 0.29) is 51.8 Å². The van der Waals surface area contributed by atoms with Crippen LogP contribution in [0.15, 0.2) is 131 Å². The predicted molar refractivity (Wildman–Crippen MR) is 270 cm³/mol. The highest BCUT2D eigenvalue weighted by Gasteiger charge is 2.41. The highest BCUT2D eigenvalue weighted by atomic mass is 79.9. The Kier molecular flexibility index (Phi) is 19.4. The van der Waals surface area contributed by atoms with Gasteiger partial charge in [-0.05, 0) is 87.7 Å². The van der Waals surface area contributed by atoms with Gasteiger partial charge in [0.25, 0.3) is 0 Å². The normalized spacial score (nSPS) is 11.0. The number of rotatable bonds is 13. The van der Waals surface area contributed by atoms with E-state index >= 15 is 0 Å². The molecule has 80 heavy (non-hydrogen) atoms. The number of nitriles is 3. The summed E-state index contributed by atoms with van der Waals surface area (Å²) in [6.07, 6.45) is -14.3. The minimum Gasteiger partial charge on any atom is -0.497 e. The maximum atomic E-state index is 13.4. The van der Waals surface area contributed by atoms with Gasteiger partial charge in [0, 0.05) is 16.7 Å². The van der Waals surface area contributed by atoms with E-state index in [1.165, 1.54) is 62.8 Å². The molecule has 0 bridgehead atoms. The van der Waals surface area contributed by atoms with E-state index < -0.39 is 52.5 Å². The van der Waals surface area contributed by atoms with Crippen molar-refractivity contribution in [3.63, 3.8) is 0 Å². The summed E-state index contributed by atoms with van der Waals surface area (Å²) in [4.78, 5) is 12.0. The average Bonchev–Trinajstić information content (AvgIpc) is 3.49. The molecule has 0 fully saturated rings. The first kappa shape index (κ1) is 59.5. The summed E-state index contributed by atoms with van der Waals surface area (Å²) in [6, 6.07) is 37.7. The maximum absolute atomic E-state index is 13.4. The molecular weight excluding hydrogens is 1140 g/mol. The van der Waals surface area contributed by atoms with Crippen molar-refractivity contribution in [2.45, 2.75) is 31.7 Å². The van der Waals surface area contributed by atoms with Gasteiger partial charge in [0.05, 0.1) is 67.8 Å². The molecule has 3 aromatic heterocycles. The van der Waals surface area contributed by atoms with Gasteiger partial charge in [-0.25, -0.2) is 0 Å². The van der Waals surface area contributed by atoms with Gasteiger partial charge in [0.1, 0.15) is 41.8 Å². The first-order valence-corrected chi connectivity index (χ1v) is 23.3. The number of hydrogen-bond acceptors (Lipinski definition) is 15. The fraction of sp³-hybridized carbons (Fsp3) is 0.167. The van der Waals surface area contributed by atoms with Gasteiger partial charge < -0.3 is 28.4 Å². The monoisotopic (exact) mass is 1170 g/mol. The van der Waals surface area contributed by atoms with Crippen LogP contribution in [0.1, 0.15) is 44.9 Å². The number of ether oxygens (including phenoxy) is 6. The Morgan fingerprint density at radius 2 is 0.838 bits per heavy atom. The van der Waals surface area contributed by atoms with E-state index in [0.717, 1.165) is 19.8 Å². The van der Waals surface area contributed by atoms with Crippen molar-refractivity contribution in [3.8, 4) is 86.5 Å². The van der Waals surface area contributed by atoms with Crippen molar-refractivity contribution in [2.75, 3.05) is 28.4 Å². The molecule has 3 heterocycles. The highest BCUT2D eigenvalue weighted by Crippen LogP contribution is 2.45.